The third-order valence-electron chi connectivity index (χ3n) is 3.34. The highest BCUT2D eigenvalue weighted by molar-refractivity contribution is 5.96. The summed E-state index contributed by atoms with van der Waals surface area (Å²) in [6, 6.07) is 4.65. The zero-order chi connectivity index (χ0) is 13.7. The first-order chi connectivity index (χ1) is 9.20. The van der Waals surface area contributed by atoms with Crippen molar-refractivity contribution in [2.24, 2.45) is 5.92 Å². The van der Waals surface area contributed by atoms with Gasteiger partial charge in [-0.2, -0.15) is 0 Å². The van der Waals surface area contributed by atoms with E-state index in [0.29, 0.717) is 18.2 Å². The largest absolute Gasteiger partial charge is 0.507 e. The van der Waals surface area contributed by atoms with Crippen LogP contribution in [0.25, 0.3) is 0 Å². The summed E-state index contributed by atoms with van der Waals surface area (Å²) < 4.78 is 10.2. The summed E-state index contributed by atoms with van der Waals surface area (Å²) in [5, 5.41) is 12.6. The molecule has 5 heteroatoms. The number of rotatable bonds is 4. The average Bonchev–Trinajstić information content (AvgIpc) is 2.45. The van der Waals surface area contributed by atoms with Gasteiger partial charge >= 0.3 is 0 Å². The predicted octanol–water partition coefficient (Wildman–Crippen LogP) is 1.56. The monoisotopic (exact) mass is 265 g/mol. The van der Waals surface area contributed by atoms with Crippen molar-refractivity contribution in [3.8, 4) is 11.5 Å². The molecule has 0 radical (unpaired) electrons. The van der Waals surface area contributed by atoms with Gasteiger partial charge in [0.25, 0.3) is 5.91 Å². The number of phenols is 1. The molecule has 0 aromatic heterocycles. The molecule has 1 heterocycles. The minimum absolute atomic E-state index is 0.0659. The molecule has 0 spiro atoms. The van der Waals surface area contributed by atoms with Crippen molar-refractivity contribution >= 4 is 5.91 Å². The number of ether oxygens (including phenoxy) is 2. The normalized spacial score (nSPS) is 16.1. The first kappa shape index (κ1) is 13.7. The number of amides is 1. The summed E-state index contributed by atoms with van der Waals surface area (Å²) in [5.74, 6) is 0.659. The number of nitrogens with one attached hydrogen (secondary N) is 1. The van der Waals surface area contributed by atoms with E-state index in [1.165, 1.54) is 13.2 Å². The van der Waals surface area contributed by atoms with Gasteiger partial charge in [-0.1, -0.05) is 0 Å². The van der Waals surface area contributed by atoms with E-state index in [9.17, 15) is 9.90 Å². The first-order valence-corrected chi connectivity index (χ1v) is 6.43. The van der Waals surface area contributed by atoms with E-state index in [1.807, 2.05) is 0 Å². The van der Waals surface area contributed by atoms with Gasteiger partial charge in [-0.25, -0.2) is 0 Å². The number of methoxy groups -OCH3 is 1. The van der Waals surface area contributed by atoms with E-state index in [2.05, 4.69) is 5.32 Å². The lowest BCUT2D eigenvalue weighted by atomic mass is 10.0. The highest BCUT2D eigenvalue weighted by Gasteiger charge is 2.16. The topological polar surface area (TPSA) is 67.8 Å². The van der Waals surface area contributed by atoms with E-state index >= 15 is 0 Å². The molecule has 0 unspecified atom stereocenters. The number of hydrogen-bond acceptors (Lipinski definition) is 4. The number of aromatic hydroxyl groups is 1. The minimum Gasteiger partial charge on any atom is -0.507 e. The number of carbonyl (C=O) groups is 1. The van der Waals surface area contributed by atoms with Gasteiger partial charge in [0.1, 0.15) is 11.5 Å². The van der Waals surface area contributed by atoms with Crippen LogP contribution in [0.4, 0.5) is 0 Å². The van der Waals surface area contributed by atoms with E-state index in [-0.39, 0.29) is 17.2 Å². The molecule has 2 rings (SSSR count). The van der Waals surface area contributed by atoms with E-state index < -0.39 is 0 Å². The second-order valence-corrected chi connectivity index (χ2v) is 4.65. The second-order valence-electron chi connectivity index (χ2n) is 4.65. The van der Waals surface area contributed by atoms with Gasteiger partial charge in [-0.05, 0) is 30.9 Å². The van der Waals surface area contributed by atoms with Gasteiger partial charge in [0, 0.05) is 25.8 Å². The molecular formula is C14H19NO4. The molecule has 1 fully saturated rings. The van der Waals surface area contributed by atoms with Gasteiger partial charge in [0.2, 0.25) is 0 Å². The molecule has 19 heavy (non-hydrogen) atoms. The van der Waals surface area contributed by atoms with Crippen molar-refractivity contribution in [2.45, 2.75) is 12.8 Å². The molecule has 1 aliphatic heterocycles. The fraction of sp³-hybridized carbons (Fsp3) is 0.500. The molecule has 1 aromatic rings. The van der Waals surface area contributed by atoms with Gasteiger partial charge in [-0.3, -0.25) is 4.79 Å². The molecule has 1 aromatic carbocycles. The summed E-state index contributed by atoms with van der Waals surface area (Å²) in [5.41, 5.74) is 0.271. The van der Waals surface area contributed by atoms with Crippen LogP contribution >= 0.6 is 0 Å². The molecule has 0 bridgehead atoms. The lowest BCUT2D eigenvalue weighted by Gasteiger charge is -2.22. The molecule has 5 nitrogen and oxygen atoms in total. The third-order valence-corrected chi connectivity index (χ3v) is 3.34. The van der Waals surface area contributed by atoms with Crippen molar-refractivity contribution in [3.63, 3.8) is 0 Å². The van der Waals surface area contributed by atoms with Crippen LogP contribution in [-0.2, 0) is 4.74 Å². The summed E-state index contributed by atoms with van der Waals surface area (Å²) in [7, 11) is 1.51. The summed E-state index contributed by atoms with van der Waals surface area (Å²) in [4.78, 5) is 12.0. The van der Waals surface area contributed by atoms with Crippen LogP contribution in [-0.4, -0.2) is 37.9 Å². The first-order valence-electron chi connectivity index (χ1n) is 6.43. The number of carbonyl (C=O) groups excluding carboxylic acids is 1. The SMILES string of the molecule is COc1ccc(C(=O)NCC2CCOCC2)c(O)c1. The fourth-order valence-electron chi connectivity index (χ4n) is 2.11. The van der Waals surface area contributed by atoms with Crippen molar-refractivity contribution < 1.29 is 19.4 Å². The Hall–Kier alpha value is -1.75. The Bertz CT molecular complexity index is 441. The molecule has 0 atom stereocenters. The van der Waals surface area contributed by atoms with Gasteiger partial charge < -0.3 is 19.9 Å². The van der Waals surface area contributed by atoms with Crippen molar-refractivity contribution in [3.05, 3.63) is 23.8 Å². The molecule has 0 saturated carbocycles. The molecule has 1 aliphatic rings. The number of phenolic OH excluding ortho intramolecular Hbond substituents is 1. The van der Waals surface area contributed by atoms with E-state index in [4.69, 9.17) is 9.47 Å². The molecule has 104 valence electrons. The van der Waals surface area contributed by atoms with E-state index in [0.717, 1.165) is 26.1 Å². The number of hydrogen-bond donors (Lipinski definition) is 2. The van der Waals surface area contributed by atoms with Crippen LogP contribution in [0.15, 0.2) is 18.2 Å². The Morgan fingerprint density at radius 2 is 2.21 bits per heavy atom. The van der Waals surface area contributed by atoms with Crippen LogP contribution in [0.2, 0.25) is 0 Å². The van der Waals surface area contributed by atoms with Crippen molar-refractivity contribution in [2.75, 3.05) is 26.9 Å². The Morgan fingerprint density at radius 3 is 2.84 bits per heavy atom. The van der Waals surface area contributed by atoms with Gasteiger partial charge in [0.15, 0.2) is 0 Å². The summed E-state index contributed by atoms with van der Waals surface area (Å²) in [6.07, 6.45) is 1.93. The second kappa shape index (κ2) is 6.43. The Kier molecular flexibility index (Phi) is 4.63. The zero-order valence-electron chi connectivity index (χ0n) is 11.0. The maximum atomic E-state index is 12.0. The molecule has 1 saturated heterocycles. The van der Waals surface area contributed by atoms with Gasteiger partial charge in [-0.15, -0.1) is 0 Å². The predicted molar refractivity (Wildman–Crippen MR) is 70.5 cm³/mol. The maximum Gasteiger partial charge on any atom is 0.255 e. The van der Waals surface area contributed by atoms with Crippen LogP contribution in [0.1, 0.15) is 23.2 Å². The summed E-state index contributed by atoms with van der Waals surface area (Å²) in [6.45, 7) is 2.14. The Morgan fingerprint density at radius 1 is 1.47 bits per heavy atom. The van der Waals surface area contributed by atoms with Crippen LogP contribution in [0.3, 0.4) is 0 Å². The average molecular weight is 265 g/mol. The lowest BCUT2D eigenvalue weighted by molar-refractivity contribution is 0.0642. The Balaban J connectivity index is 1.92. The lowest BCUT2D eigenvalue weighted by Crippen LogP contribution is -2.32. The maximum absolute atomic E-state index is 12.0. The van der Waals surface area contributed by atoms with Crippen LogP contribution < -0.4 is 10.1 Å². The third kappa shape index (κ3) is 3.61. The molecule has 0 aliphatic carbocycles. The van der Waals surface area contributed by atoms with Crippen molar-refractivity contribution in [1.29, 1.82) is 0 Å². The van der Waals surface area contributed by atoms with Crippen LogP contribution in [0, 0.1) is 5.92 Å². The summed E-state index contributed by atoms with van der Waals surface area (Å²) >= 11 is 0. The quantitative estimate of drug-likeness (QED) is 0.867. The molecule has 1 amide bonds. The molecule has 2 N–H and O–H groups in total. The van der Waals surface area contributed by atoms with Crippen molar-refractivity contribution in [1.82, 2.24) is 5.32 Å². The highest BCUT2D eigenvalue weighted by atomic mass is 16.5. The number of benzene rings is 1. The molecular weight excluding hydrogens is 246 g/mol. The Labute approximate surface area is 112 Å². The smallest absolute Gasteiger partial charge is 0.255 e. The van der Waals surface area contributed by atoms with Gasteiger partial charge in [0.05, 0.1) is 12.7 Å². The fourth-order valence-corrected chi connectivity index (χ4v) is 2.11. The van der Waals surface area contributed by atoms with Crippen LogP contribution in [0.5, 0.6) is 11.5 Å². The minimum atomic E-state index is -0.258. The standard InChI is InChI=1S/C14H19NO4/c1-18-11-2-3-12(13(16)8-11)14(17)15-9-10-4-6-19-7-5-10/h2-3,8,10,16H,4-7,9H2,1H3,(H,15,17). The highest BCUT2D eigenvalue weighted by Crippen LogP contribution is 2.23. The van der Waals surface area contributed by atoms with E-state index in [1.54, 1.807) is 12.1 Å². The zero-order valence-corrected chi connectivity index (χ0v) is 11.0.